The molecule has 1 aromatic heterocycles. The Morgan fingerprint density at radius 2 is 2.00 bits per heavy atom. The summed E-state index contributed by atoms with van der Waals surface area (Å²) in [5.74, 6) is 0. The van der Waals surface area contributed by atoms with Crippen molar-refractivity contribution in [2.75, 3.05) is 0 Å². The van der Waals surface area contributed by atoms with Crippen LogP contribution in [0.25, 0.3) is 0 Å². The highest BCUT2D eigenvalue weighted by Gasteiger charge is 2.32. The van der Waals surface area contributed by atoms with Gasteiger partial charge in [0.2, 0.25) is 0 Å². The summed E-state index contributed by atoms with van der Waals surface area (Å²) in [7, 11) is 0. The van der Waals surface area contributed by atoms with Crippen LogP contribution in [-0.4, -0.2) is 9.78 Å². The van der Waals surface area contributed by atoms with Crippen molar-refractivity contribution < 1.29 is 13.2 Å². The van der Waals surface area contributed by atoms with Crippen molar-refractivity contribution in [1.82, 2.24) is 9.78 Å². The molecule has 0 bridgehead atoms. The van der Waals surface area contributed by atoms with Crippen molar-refractivity contribution in [2.45, 2.75) is 12.7 Å². The highest BCUT2D eigenvalue weighted by atomic mass is 19.4. The van der Waals surface area contributed by atoms with Gasteiger partial charge in [0.1, 0.15) is 0 Å². The van der Waals surface area contributed by atoms with Crippen LogP contribution in [0.2, 0.25) is 0 Å². The van der Waals surface area contributed by atoms with Gasteiger partial charge in [0.05, 0.1) is 29.9 Å². The number of alkyl halides is 3. The zero-order valence-corrected chi connectivity index (χ0v) is 9.15. The van der Waals surface area contributed by atoms with E-state index in [4.69, 9.17) is 5.26 Å². The van der Waals surface area contributed by atoms with E-state index in [-0.39, 0.29) is 6.54 Å². The minimum atomic E-state index is -4.40. The first-order chi connectivity index (χ1) is 8.50. The van der Waals surface area contributed by atoms with Crippen LogP contribution in [-0.2, 0) is 12.7 Å². The van der Waals surface area contributed by atoms with Crippen molar-refractivity contribution in [3.8, 4) is 6.07 Å². The molecule has 0 aliphatic heterocycles. The molecule has 1 aromatic carbocycles. The Bertz CT molecular complexity index is 593. The topological polar surface area (TPSA) is 41.6 Å². The zero-order chi connectivity index (χ0) is 13.2. The molecule has 2 rings (SSSR count). The lowest BCUT2D eigenvalue weighted by Gasteiger charge is -2.04. The Balaban J connectivity index is 2.25. The summed E-state index contributed by atoms with van der Waals surface area (Å²) >= 11 is 0. The first-order valence-electron chi connectivity index (χ1n) is 5.08. The monoisotopic (exact) mass is 251 g/mol. The zero-order valence-electron chi connectivity index (χ0n) is 9.15. The third-order valence-corrected chi connectivity index (χ3v) is 2.43. The first kappa shape index (κ1) is 12.2. The number of halogens is 3. The Morgan fingerprint density at radius 3 is 2.61 bits per heavy atom. The molecule has 0 spiro atoms. The summed E-state index contributed by atoms with van der Waals surface area (Å²) in [5, 5.41) is 12.5. The molecule has 0 saturated carbocycles. The number of nitriles is 1. The molecule has 0 saturated heterocycles. The van der Waals surface area contributed by atoms with Crippen molar-refractivity contribution in [2.24, 2.45) is 0 Å². The SMILES string of the molecule is N#Cc1ccccc1Cn1cc(C(F)(F)F)cn1. The van der Waals surface area contributed by atoms with Gasteiger partial charge in [0.15, 0.2) is 0 Å². The molecule has 18 heavy (non-hydrogen) atoms. The lowest BCUT2D eigenvalue weighted by Crippen LogP contribution is -2.04. The van der Waals surface area contributed by atoms with E-state index in [2.05, 4.69) is 5.10 Å². The summed E-state index contributed by atoms with van der Waals surface area (Å²) in [6.45, 7) is 0.139. The van der Waals surface area contributed by atoms with Crippen LogP contribution in [0.5, 0.6) is 0 Å². The van der Waals surface area contributed by atoms with Crippen LogP contribution in [0.15, 0.2) is 36.7 Å². The second kappa shape index (κ2) is 4.53. The number of nitrogens with zero attached hydrogens (tertiary/aromatic N) is 3. The van der Waals surface area contributed by atoms with E-state index in [9.17, 15) is 13.2 Å². The molecule has 1 heterocycles. The lowest BCUT2D eigenvalue weighted by molar-refractivity contribution is -0.137. The summed E-state index contributed by atoms with van der Waals surface area (Å²) in [4.78, 5) is 0. The quantitative estimate of drug-likeness (QED) is 0.823. The molecule has 92 valence electrons. The fourth-order valence-corrected chi connectivity index (χ4v) is 1.54. The Kier molecular flexibility index (Phi) is 3.06. The largest absolute Gasteiger partial charge is 0.419 e. The van der Waals surface area contributed by atoms with Crippen LogP contribution in [0, 0.1) is 11.3 Å². The summed E-state index contributed by atoms with van der Waals surface area (Å²) in [6, 6.07) is 8.72. The summed E-state index contributed by atoms with van der Waals surface area (Å²) < 4.78 is 38.3. The second-order valence-electron chi connectivity index (χ2n) is 3.69. The van der Waals surface area contributed by atoms with Gasteiger partial charge in [-0.15, -0.1) is 0 Å². The number of benzene rings is 1. The Labute approximate surface area is 101 Å². The van der Waals surface area contributed by atoms with Gasteiger partial charge < -0.3 is 0 Å². The molecular formula is C12H8F3N3. The van der Waals surface area contributed by atoms with Gasteiger partial charge in [-0.1, -0.05) is 18.2 Å². The highest BCUT2D eigenvalue weighted by molar-refractivity contribution is 5.37. The van der Waals surface area contributed by atoms with Gasteiger partial charge in [-0.2, -0.15) is 23.5 Å². The van der Waals surface area contributed by atoms with E-state index < -0.39 is 11.7 Å². The molecule has 0 aliphatic carbocycles. The second-order valence-corrected chi connectivity index (χ2v) is 3.69. The van der Waals surface area contributed by atoms with Crippen LogP contribution < -0.4 is 0 Å². The fraction of sp³-hybridized carbons (Fsp3) is 0.167. The van der Waals surface area contributed by atoms with Crippen LogP contribution in [0.3, 0.4) is 0 Å². The van der Waals surface area contributed by atoms with E-state index in [0.717, 1.165) is 12.4 Å². The smallest absolute Gasteiger partial charge is 0.268 e. The lowest BCUT2D eigenvalue weighted by atomic mass is 10.1. The van der Waals surface area contributed by atoms with Crippen LogP contribution in [0.4, 0.5) is 13.2 Å². The average molecular weight is 251 g/mol. The van der Waals surface area contributed by atoms with Gasteiger partial charge in [0, 0.05) is 6.20 Å². The first-order valence-corrected chi connectivity index (χ1v) is 5.08. The normalized spacial score (nSPS) is 11.2. The maximum Gasteiger partial charge on any atom is 0.419 e. The molecule has 0 aliphatic rings. The molecule has 2 aromatic rings. The van der Waals surface area contributed by atoms with Crippen molar-refractivity contribution in [3.05, 3.63) is 53.3 Å². The minimum absolute atomic E-state index is 0.139. The summed E-state index contributed by atoms with van der Waals surface area (Å²) in [6.07, 6.45) is -2.70. The van der Waals surface area contributed by atoms with Gasteiger partial charge in [-0.25, -0.2) is 0 Å². The predicted octanol–water partition coefficient (Wildman–Crippen LogP) is 2.82. The number of hydrogen-bond donors (Lipinski definition) is 0. The van der Waals surface area contributed by atoms with E-state index in [1.165, 1.54) is 4.68 Å². The van der Waals surface area contributed by atoms with Crippen LogP contribution >= 0.6 is 0 Å². The molecule has 6 heteroatoms. The van der Waals surface area contributed by atoms with E-state index >= 15 is 0 Å². The molecule has 0 fully saturated rings. The molecule has 0 amide bonds. The minimum Gasteiger partial charge on any atom is -0.268 e. The van der Waals surface area contributed by atoms with Gasteiger partial charge >= 0.3 is 6.18 Å². The van der Waals surface area contributed by atoms with Crippen LogP contribution in [0.1, 0.15) is 16.7 Å². The Morgan fingerprint density at radius 1 is 1.28 bits per heavy atom. The maximum absolute atomic E-state index is 12.4. The maximum atomic E-state index is 12.4. The highest BCUT2D eigenvalue weighted by Crippen LogP contribution is 2.28. The molecule has 3 nitrogen and oxygen atoms in total. The molecule has 0 atom stereocenters. The van der Waals surface area contributed by atoms with E-state index in [1.807, 2.05) is 6.07 Å². The predicted molar refractivity (Wildman–Crippen MR) is 57.5 cm³/mol. The third kappa shape index (κ3) is 2.51. The molecular weight excluding hydrogens is 243 g/mol. The van der Waals surface area contributed by atoms with Crippen molar-refractivity contribution in [1.29, 1.82) is 5.26 Å². The van der Waals surface area contributed by atoms with E-state index in [0.29, 0.717) is 11.1 Å². The van der Waals surface area contributed by atoms with Gasteiger partial charge in [0.25, 0.3) is 0 Å². The standard InChI is InChI=1S/C12H8F3N3/c13-12(14,15)11-6-17-18(8-11)7-10-4-2-1-3-9(10)5-16/h1-4,6,8H,7H2. The number of rotatable bonds is 2. The van der Waals surface area contributed by atoms with Crippen molar-refractivity contribution in [3.63, 3.8) is 0 Å². The number of hydrogen-bond acceptors (Lipinski definition) is 2. The number of aromatic nitrogens is 2. The Hall–Kier alpha value is -2.29. The van der Waals surface area contributed by atoms with Gasteiger partial charge in [-0.05, 0) is 11.6 Å². The summed E-state index contributed by atoms with van der Waals surface area (Å²) in [5.41, 5.74) is 0.273. The average Bonchev–Trinajstić information content (AvgIpc) is 2.78. The molecule has 0 radical (unpaired) electrons. The van der Waals surface area contributed by atoms with Gasteiger partial charge in [-0.3, -0.25) is 4.68 Å². The van der Waals surface area contributed by atoms with Crippen molar-refractivity contribution >= 4 is 0 Å². The van der Waals surface area contributed by atoms with E-state index in [1.54, 1.807) is 24.3 Å². The molecule has 0 unspecified atom stereocenters. The fourth-order valence-electron chi connectivity index (χ4n) is 1.54. The molecule has 0 N–H and O–H groups in total. The third-order valence-electron chi connectivity index (χ3n) is 2.43.